The summed E-state index contributed by atoms with van der Waals surface area (Å²) in [4.78, 5) is 31.8. The Hall–Kier alpha value is -5.48. The molecule has 0 spiro atoms. The van der Waals surface area contributed by atoms with Crippen LogP contribution in [0.2, 0.25) is 0 Å². The van der Waals surface area contributed by atoms with E-state index < -0.39 is 4.92 Å². The van der Waals surface area contributed by atoms with Crippen molar-refractivity contribution in [3.63, 3.8) is 0 Å². The van der Waals surface area contributed by atoms with Crippen LogP contribution in [-0.2, 0) is 47.3 Å². The van der Waals surface area contributed by atoms with E-state index >= 15 is 0 Å². The van der Waals surface area contributed by atoms with E-state index in [1.807, 2.05) is 13.0 Å². The monoisotopic (exact) mass is 1180 g/mol. The maximum absolute atomic E-state index is 11.4. The van der Waals surface area contributed by atoms with Crippen LogP contribution in [0.15, 0.2) is 48.5 Å². The zero-order valence-electron chi connectivity index (χ0n) is 52.6. The normalized spacial score (nSPS) is 34.4. The number of likely N-dealkylation sites (N-methyl/N-ethyl adjacent to an activating group) is 4. The molecule has 3 unspecified atom stereocenters. The first-order chi connectivity index (χ1) is 41.4. The molecule has 0 amide bonds. The van der Waals surface area contributed by atoms with E-state index in [-0.39, 0.29) is 32.9 Å². The number of likely N-dealkylation sites (tertiary alicyclic amines) is 4. The number of fused-ring (bicyclic) bond motifs is 4. The van der Waals surface area contributed by atoms with Gasteiger partial charge in [-0.3, -0.25) is 20.2 Å². The summed E-state index contributed by atoms with van der Waals surface area (Å²) in [7, 11) is 12.3. The van der Waals surface area contributed by atoms with Crippen molar-refractivity contribution in [3.8, 4) is 23.0 Å². The number of methoxy groups -OCH3 is 2. The van der Waals surface area contributed by atoms with Gasteiger partial charge >= 0.3 is 11.4 Å². The summed E-state index contributed by atoms with van der Waals surface area (Å²) in [5, 5.41) is 42.8. The second kappa shape index (κ2) is 22.8. The third-order valence-corrected chi connectivity index (χ3v) is 25.9. The molecular weight excluding hydrogens is 1080 g/mol. The highest BCUT2D eigenvalue weighted by molar-refractivity contribution is 5.61. The smallest absolute Gasteiger partial charge is 0.311 e. The van der Waals surface area contributed by atoms with Crippen molar-refractivity contribution in [2.45, 2.75) is 207 Å². The fraction of sp³-hybridized carbons (Fsp3) is 0.662. The second-order valence-electron chi connectivity index (χ2n) is 29.3. The summed E-state index contributed by atoms with van der Waals surface area (Å²) < 4.78 is 10.9. The molecule has 4 N–H and O–H groups in total. The molecule has 4 saturated carbocycles. The van der Waals surface area contributed by atoms with Crippen molar-refractivity contribution in [3.05, 3.63) is 119 Å². The number of nitro groups is 2. The highest BCUT2D eigenvalue weighted by Gasteiger charge is 2.57. The zero-order chi connectivity index (χ0) is 60.2. The van der Waals surface area contributed by atoms with Gasteiger partial charge in [0.2, 0.25) is 0 Å². The molecule has 12 aliphatic rings. The fourth-order valence-corrected chi connectivity index (χ4v) is 21.7. The molecule has 8 bridgehead atoms. The van der Waals surface area contributed by atoms with E-state index in [4.69, 9.17) is 15.2 Å². The molecule has 12 atom stereocenters. The van der Waals surface area contributed by atoms with Crippen molar-refractivity contribution < 1.29 is 29.5 Å². The minimum atomic E-state index is -0.472. The first-order valence-electron chi connectivity index (χ1n) is 33.3. The largest absolute Gasteiger partial charge is 0.508 e. The molecule has 86 heavy (non-hydrogen) atoms. The van der Waals surface area contributed by atoms with Gasteiger partial charge in [-0.05, 0) is 268 Å². The molecule has 15 heteroatoms. The third-order valence-electron chi connectivity index (χ3n) is 25.9. The van der Waals surface area contributed by atoms with Crippen LogP contribution in [0.25, 0.3) is 0 Å². The van der Waals surface area contributed by atoms with Crippen molar-refractivity contribution in [1.82, 2.24) is 19.6 Å². The lowest BCUT2D eigenvalue weighted by Crippen LogP contribution is -2.59. The van der Waals surface area contributed by atoms with Crippen LogP contribution in [0.3, 0.4) is 0 Å². The molecule has 15 nitrogen and oxygen atoms in total. The lowest BCUT2D eigenvalue weighted by Gasteiger charge is -2.58. The van der Waals surface area contributed by atoms with Gasteiger partial charge < -0.3 is 45.0 Å². The molecule has 16 rings (SSSR count). The van der Waals surface area contributed by atoms with Crippen LogP contribution >= 0.6 is 0 Å². The van der Waals surface area contributed by atoms with Crippen molar-refractivity contribution in [2.24, 2.45) is 23.7 Å². The maximum Gasteiger partial charge on any atom is 0.311 e. The molecule has 4 aromatic rings. The van der Waals surface area contributed by atoms with Crippen molar-refractivity contribution in [1.29, 1.82) is 0 Å². The number of phenolic OH excluding ortho intramolecular Hbond substituents is 2. The van der Waals surface area contributed by atoms with E-state index in [1.165, 1.54) is 176 Å². The lowest BCUT2D eigenvalue weighted by molar-refractivity contribution is -0.386. The second-order valence-corrected chi connectivity index (χ2v) is 29.3. The average molecular weight is 1180 g/mol. The van der Waals surface area contributed by atoms with Crippen LogP contribution in [0.1, 0.15) is 178 Å². The summed E-state index contributed by atoms with van der Waals surface area (Å²) in [6, 6.07) is 18.4. The van der Waals surface area contributed by atoms with Crippen LogP contribution in [-0.4, -0.2) is 132 Å². The highest BCUT2D eigenvalue weighted by atomic mass is 16.6. The first kappa shape index (κ1) is 59.5. The molecule has 8 fully saturated rings. The molecule has 4 heterocycles. The number of piperidine rings is 4. The number of phenols is 2. The number of rotatable bonds is 4. The number of hydrogen-bond acceptors (Lipinski definition) is 13. The highest BCUT2D eigenvalue weighted by Crippen LogP contribution is 2.61. The molecule has 4 aliphatic heterocycles. The quantitative estimate of drug-likeness (QED) is 0.0997. The van der Waals surface area contributed by atoms with Crippen LogP contribution in [0.4, 0.5) is 17.1 Å². The minimum Gasteiger partial charge on any atom is -0.508 e. The molecule has 4 aromatic carbocycles. The Kier molecular flexibility index (Phi) is 15.8. The van der Waals surface area contributed by atoms with Gasteiger partial charge in [-0.15, -0.1) is 0 Å². The Bertz CT molecular complexity index is 3280. The van der Waals surface area contributed by atoms with Gasteiger partial charge in [-0.25, -0.2) is 0 Å². The van der Waals surface area contributed by atoms with Gasteiger partial charge in [0.1, 0.15) is 11.5 Å². The van der Waals surface area contributed by atoms with Crippen LogP contribution in [0, 0.1) is 50.8 Å². The number of ether oxygens (including phenoxy) is 2. The summed E-state index contributed by atoms with van der Waals surface area (Å²) in [6.07, 6.45) is 30.0. The Labute approximate surface area is 510 Å². The Morgan fingerprint density at radius 3 is 1.15 bits per heavy atom. The SMILES string of the molecule is CN1CC[C@@]23CCCCC2[C@@H]1Cc1cc([N+](=O)[O-])c(O)cc13.COc1cc2c(cc1N)C[C@H]1C3CCCC[C@@]23CCN1C.COc1cc2c(cc1[N+](=O)[O-])C[C@H]1C3CCCC[C@@]23CCN1C.Cc1cc2c(cc1O)[C@]13CCCC[C@@H]1[C@H](C2)N(C)CC3. The van der Waals surface area contributed by atoms with Gasteiger partial charge in [-0.1, -0.05) is 57.4 Å². The average Bonchev–Trinajstić information content (AvgIpc) is 0.826. The summed E-state index contributed by atoms with van der Waals surface area (Å²) in [5.74, 6) is 4.58. The van der Waals surface area contributed by atoms with Gasteiger partial charge in [0.05, 0.1) is 29.8 Å². The van der Waals surface area contributed by atoms with Crippen LogP contribution in [0.5, 0.6) is 23.0 Å². The number of nitro benzene ring substituents is 2. The van der Waals surface area contributed by atoms with E-state index in [1.54, 1.807) is 30.9 Å². The number of nitrogens with two attached hydrogens (primary N) is 1. The van der Waals surface area contributed by atoms with Crippen molar-refractivity contribution >= 4 is 17.1 Å². The Balaban J connectivity index is 0.000000106. The molecular formula is C71H97N7O8. The predicted molar refractivity (Wildman–Crippen MR) is 338 cm³/mol. The molecule has 4 saturated heterocycles. The number of nitrogen functional groups attached to an aromatic ring is 1. The number of nitrogens with zero attached hydrogens (tertiary/aromatic N) is 6. The minimum absolute atomic E-state index is 0.109. The van der Waals surface area contributed by atoms with E-state index in [9.17, 15) is 30.4 Å². The van der Waals surface area contributed by atoms with E-state index in [2.05, 4.69) is 72.1 Å². The summed E-state index contributed by atoms with van der Waals surface area (Å²) >= 11 is 0. The van der Waals surface area contributed by atoms with Crippen molar-refractivity contribution in [2.75, 3.05) is 74.3 Å². The van der Waals surface area contributed by atoms with Gasteiger partial charge in [0.25, 0.3) is 0 Å². The maximum atomic E-state index is 11.4. The fourth-order valence-electron chi connectivity index (χ4n) is 21.7. The van der Waals surface area contributed by atoms with E-state index in [0.29, 0.717) is 52.3 Å². The molecule has 464 valence electrons. The number of aromatic hydroxyl groups is 2. The zero-order valence-corrected chi connectivity index (χ0v) is 52.6. The van der Waals surface area contributed by atoms with Gasteiger partial charge in [0.15, 0.2) is 11.5 Å². The number of benzene rings is 4. The van der Waals surface area contributed by atoms with E-state index in [0.717, 1.165) is 85.6 Å². The standard InChI is InChI=1S/C18H24N2O3.C18H26N2O.C18H25NO.C17H22N2O3/c1-19-8-7-18-6-4-3-5-13(18)15(19)9-12-10-16(20(21)22)17(23-2)11-14(12)18;1-20-8-7-18-6-4-3-5-13(18)16(20)10-12-9-15(19)17(21-2)11-14(12)18;1-12-9-13-10-16-14-5-3-4-6-18(14,7-8-19(16)2)15(13)11-17(12)20;1-18-7-6-17-5-3-2-4-12(17)14(18)8-11-9-15(19(21)22)16(20)10-13(11)17/h10-11,13,15H,3-9H2,1-2H3;9,11,13,16H,3-8,10,19H2,1-2H3;9,11,14,16,20H,3-8,10H2,1-2H3;9-10,12,14,20H,2-8H2,1H3/t13?,15-,18-;13?,16-,18-;14-,16+,18+;12?,14-,17-/m0010/s1. The number of aryl methyl sites for hydroxylation is 1. The Morgan fingerprint density at radius 1 is 0.453 bits per heavy atom. The topological polar surface area (TPSA) is 184 Å². The predicted octanol–water partition coefficient (Wildman–Crippen LogP) is 12.6. The summed E-state index contributed by atoms with van der Waals surface area (Å²) in [6.45, 7) is 6.68. The summed E-state index contributed by atoms with van der Waals surface area (Å²) in [5.41, 5.74) is 19.9. The molecule has 0 aromatic heterocycles. The Morgan fingerprint density at radius 2 is 0.779 bits per heavy atom. The lowest BCUT2D eigenvalue weighted by atomic mass is 9.52. The van der Waals surface area contributed by atoms with Gasteiger partial charge in [-0.2, -0.15) is 0 Å². The van der Waals surface area contributed by atoms with Crippen LogP contribution < -0.4 is 15.2 Å². The molecule has 8 aliphatic carbocycles. The number of anilines is 1. The van der Waals surface area contributed by atoms with Gasteiger partial charge in [0, 0.05) is 58.0 Å². The first-order valence-corrected chi connectivity index (χ1v) is 33.3. The molecule has 0 radical (unpaired) electrons. The number of hydrogen-bond donors (Lipinski definition) is 3. The third kappa shape index (κ3) is 9.53.